The van der Waals surface area contributed by atoms with Crippen molar-refractivity contribution in [2.45, 2.75) is 6.54 Å². The topological polar surface area (TPSA) is 88.3 Å². The van der Waals surface area contributed by atoms with Crippen LogP contribution in [0.5, 0.6) is 0 Å². The predicted octanol–water partition coefficient (Wildman–Crippen LogP) is -0.0856. The number of nitrogens with two attached hydrogens (primary N) is 1. The van der Waals surface area contributed by atoms with Gasteiger partial charge in [0.15, 0.2) is 0 Å². The zero-order chi connectivity index (χ0) is 10.8. The molecule has 15 heavy (non-hydrogen) atoms. The summed E-state index contributed by atoms with van der Waals surface area (Å²) in [6.45, 7) is 0.302. The van der Waals surface area contributed by atoms with E-state index in [9.17, 15) is 9.59 Å². The highest BCUT2D eigenvalue weighted by molar-refractivity contribution is 5.95. The van der Waals surface area contributed by atoms with E-state index in [0.717, 1.165) is 5.56 Å². The first-order valence-electron chi connectivity index (χ1n) is 4.44. The standard InChI is InChI=1S/C9H10N4O2/c10-9(15)13-4-6-1-2-11-3-7(6)12-8(14)5-13/h1-3H,4-5H2,(H2,10,15)(H,12,14). The number of pyridine rings is 1. The van der Waals surface area contributed by atoms with Crippen molar-refractivity contribution in [3.8, 4) is 0 Å². The van der Waals surface area contributed by atoms with Crippen molar-refractivity contribution in [1.29, 1.82) is 0 Å². The molecule has 1 aromatic rings. The van der Waals surface area contributed by atoms with Gasteiger partial charge in [0.25, 0.3) is 0 Å². The minimum absolute atomic E-state index is 0.0238. The summed E-state index contributed by atoms with van der Waals surface area (Å²) in [5, 5.41) is 2.66. The first-order valence-corrected chi connectivity index (χ1v) is 4.44. The van der Waals surface area contributed by atoms with E-state index in [-0.39, 0.29) is 12.5 Å². The Bertz CT molecular complexity index is 418. The highest BCUT2D eigenvalue weighted by atomic mass is 16.2. The zero-order valence-electron chi connectivity index (χ0n) is 7.93. The molecule has 6 heteroatoms. The quantitative estimate of drug-likeness (QED) is 0.622. The fourth-order valence-electron chi connectivity index (χ4n) is 1.45. The van der Waals surface area contributed by atoms with Gasteiger partial charge in [-0.05, 0) is 11.6 Å². The first kappa shape index (κ1) is 9.45. The molecule has 1 aliphatic heterocycles. The molecule has 6 nitrogen and oxygen atoms in total. The molecule has 0 aliphatic carbocycles. The van der Waals surface area contributed by atoms with E-state index in [1.807, 2.05) is 0 Å². The maximum Gasteiger partial charge on any atom is 0.315 e. The maximum absolute atomic E-state index is 11.4. The third kappa shape index (κ3) is 1.88. The zero-order valence-corrected chi connectivity index (χ0v) is 7.93. The number of nitrogens with zero attached hydrogens (tertiary/aromatic N) is 2. The number of anilines is 1. The normalized spacial score (nSPS) is 15.2. The molecule has 78 valence electrons. The minimum atomic E-state index is -0.602. The maximum atomic E-state index is 11.4. The van der Waals surface area contributed by atoms with Gasteiger partial charge in [0, 0.05) is 6.20 Å². The van der Waals surface area contributed by atoms with Gasteiger partial charge in [-0.2, -0.15) is 0 Å². The summed E-state index contributed by atoms with van der Waals surface area (Å²) >= 11 is 0. The third-order valence-corrected chi connectivity index (χ3v) is 2.19. The van der Waals surface area contributed by atoms with Gasteiger partial charge in [-0.15, -0.1) is 0 Å². The molecule has 1 aliphatic rings. The highest BCUT2D eigenvalue weighted by Crippen LogP contribution is 2.18. The molecule has 0 spiro atoms. The molecule has 0 saturated heterocycles. The van der Waals surface area contributed by atoms with Gasteiger partial charge in [-0.3, -0.25) is 9.78 Å². The van der Waals surface area contributed by atoms with Crippen LogP contribution >= 0.6 is 0 Å². The third-order valence-electron chi connectivity index (χ3n) is 2.19. The molecule has 3 N–H and O–H groups in total. The van der Waals surface area contributed by atoms with Gasteiger partial charge in [-0.25, -0.2) is 4.79 Å². The lowest BCUT2D eigenvalue weighted by Gasteiger charge is -2.15. The second kappa shape index (κ2) is 3.56. The number of hydrogen-bond donors (Lipinski definition) is 2. The summed E-state index contributed by atoms with van der Waals surface area (Å²) in [6.07, 6.45) is 3.16. The molecule has 2 heterocycles. The van der Waals surface area contributed by atoms with Crippen LogP contribution in [0.4, 0.5) is 10.5 Å². The number of fused-ring (bicyclic) bond motifs is 1. The van der Waals surface area contributed by atoms with Crippen molar-refractivity contribution >= 4 is 17.6 Å². The Morgan fingerprint density at radius 3 is 3.07 bits per heavy atom. The van der Waals surface area contributed by atoms with E-state index in [1.165, 1.54) is 4.90 Å². The molecule has 0 radical (unpaired) electrons. The molecule has 0 bridgehead atoms. The Morgan fingerprint density at radius 2 is 2.33 bits per heavy atom. The van der Waals surface area contributed by atoms with Gasteiger partial charge in [0.1, 0.15) is 6.54 Å². The largest absolute Gasteiger partial charge is 0.351 e. The van der Waals surface area contributed by atoms with Crippen LogP contribution in [0.15, 0.2) is 18.5 Å². The van der Waals surface area contributed by atoms with Crippen LogP contribution in [0.1, 0.15) is 5.56 Å². The average molecular weight is 206 g/mol. The Morgan fingerprint density at radius 1 is 1.53 bits per heavy atom. The smallest absolute Gasteiger partial charge is 0.315 e. The van der Waals surface area contributed by atoms with Crippen LogP contribution < -0.4 is 11.1 Å². The van der Waals surface area contributed by atoms with Crippen LogP contribution in [-0.2, 0) is 11.3 Å². The number of nitrogens with one attached hydrogen (secondary N) is 1. The van der Waals surface area contributed by atoms with E-state index in [4.69, 9.17) is 5.73 Å². The number of hydrogen-bond acceptors (Lipinski definition) is 3. The van der Waals surface area contributed by atoms with Crippen molar-refractivity contribution < 1.29 is 9.59 Å². The van der Waals surface area contributed by atoms with Gasteiger partial charge in [0.05, 0.1) is 18.4 Å². The number of amides is 3. The molecule has 2 rings (SSSR count). The molecule has 0 atom stereocenters. The molecule has 0 fully saturated rings. The minimum Gasteiger partial charge on any atom is -0.351 e. The summed E-state index contributed by atoms with van der Waals surface area (Å²) in [5.41, 5.74) is 6.61. The van der Waals surface area contributed by atoms with E-state index in [1.54, 1.807) is 18.5 Å². The summed E-state index contributed by atoms with van der Waals surface area (Å²) in [4.78, 5) is 27.6. The van der Waals surface area contributed by atoms with Crippen LogP contribution in [0.25, 0.3) is 0 Å². The summed E-state index contributed by atoms with van der Waals surface area (Å²) in [7, 11) is 0. The molecular weight excluding hydrogens is 196 g/mol. The van der Waals surface area contributed by atoms with Crippen LogP contribution in [0, 0.1) is 0 Å². The van der Waals surface area contributed by atoms with Crippen molar-refractivity contribution in [2.75, 3.05) is 11.9 Å². The number of carbonyl (C=O) groups excluding carboxylic acids is 2. The second-order valence-electron chi connectivity index (χ2n) is 3.28. The monoisotopic (exact) mass is 206 g/mol. The lowest BCUT2D eigenvalue weighted by atomic mass is 10.2. The Labute approximate surface area is 86.1 Å². The number of carbonyl (C=O) groups is 2. The summed E-state index contributed by atoms with van der Waals surface area (Å²) < 4.78 is 0. The van der Waals surface area contributed by atoms with E-state index < -0.39 is 6.03 Å². The van der Waals surface area contributed by atoms with Gasteiger partial charge >= 0.3 is 6.03 Å². The second-order valence-corrected chi connectivity index (χ2v) is 3.28. The molecule has 0 unspecified atom stereocenters. The van der Waals surface area contributed by atoms with E-state index >= 15 is 0 Å². The van der Waals surface area contributed by atoms with Crippen LogP contribution in [0.3, 0.4) is 0 Å². The number of aromatic nitrogens is 1. The van der Waals surface area contributed by atoms with Gasteiger partial charge in [-0.1, -0.05) is 0 Å². The summed E-state index contributed by atoms with van der Waals surface area (Å²) in [5.74, 6) is -0.263. The van der Waals surface area contributed by atoms with Crippen LogP contribution in [0.2, 0.25) is 0 Å². The SMILES string of the molecule is NC(=O)N1CC(=O)Nc2cnccc2C1. The fraction of sp³-hybridized carbons (Fsp3) is 0.222. The van der Waals surface area contributed by atoms with E-state index in [2.05, 4.69) is 10.3 Å². The number of primary amides is 1. The summed E-state index contributed by atoms with van der Waals surface area (Å²) in [6, 6.07) is 1.14. The lowest BCUT2D eigenvalue weighted by Crippen LogP contribution is -2.38. The molecule has 1 aromatic heterocycles. The molecule has 3 amide bonds. The van der Waals surface area contributed by atoms with Crippen molar-refractivity contribution in [3.63, 3.8) is 0 Å². The Hall–Kier alpha value is -2.11. The van der Waals surface area contributed by atoms with Crippen molar-refractivity contribution in [3.05, 3.63) is 24.0 Å². The first-order chi connectivity index (χ1) is 7.16. The molecular formula is C9H10N4O2. The fourth-order valence-corrected chi connectivity index (χ4v) is 1.45. The average Bonchev–Trinajstić information content (AvgIpc) is 2.35. The lowest BCUT2D eigenvalue weighted by molar-refractivity contribution is -0.116. The molecule has 0 saturated carbocycles. The van der Waals surface area contributed by atoms with Crippen molar-refractivity contribution in [2.24, 2.45) is 5.73 Å². The highest BCUT2D eigenvalue weighted by Gasteiger charge is 2.21. The van der Waals surface area contributed by atoms with Crippen molar-refractivity contribution in [1.82, 2.24) is 9.88 Å². The Balaban J connectivity index is 2.35. The number of rotatable bonds is 0. The van der Waals surface area contributed by atoms with Crippen LogP contribution in [-0.4, -0.2) is 28.4 Å². The van der Waals surface area contributed by atoms with Gasteiger partial charge < -0.3 is 16.0 Å². The Kier molecular flexibility index (Phi) is 2.24. The predicted molar refractivity (Wildman–Crippen MR) is 52.9 cm³/mol. The van der Waals surface area contributed by atoms with Gasteiger partial charge in [0.2, 0.25) is 5.91 Å². The number of urea groups is 1. The van der Waals surface area contributed by atoms with E-state index in [0.29, 0.717) is 12.2 Å². The molecule has 0 aromatic carbocycles.